The van der Waals surface area contributed by atoms with Gasteiger partial charge >= 0.3 is 0 Å². The summed E-state index contributed by atoms with van der Waals surface area (Å²) in [5, 5.41) is 1.79. The Labute approximate surface area is 41.6 Å². The summed E-state index contributed by atoms with van der Waals surface area (Å²) < 4.78 is 0. The van der Waals surface area contributed by atoms with Crippen LogP contribution in [0.4, 0.5) is 0 Å². The van der Waals surface area contributed by atoms with Crippen LogP contribution in [0.1, 0.15) is 0 Å². The van der Waals surface area contributed by atoms with Gasteiger partial charge in [-0.1, -0.05) is 0 Å². The first kappa shape index (κ1) is 3.13. The molecule has 0 N–H and O–H groups in total. The summed E-state index contributed by atoms with van der Waals surface area (Å²) in [6, 6.07) is 0. The maximum atomic E-state index is 4.98. The summed E-state index contributed by atoms with van der Waals surface area (Å²) >= 11 is 0. The molecule has 0 atom stereocenters. The van der Waals surface area contributed by atoms with Gasteiger partial charge < -0.3 is 4.84 Å². The Balaban J connectivity index is 2.36. The Kier molecular flexibility index (Phi) is 0.372. The zero-order valence-corrected chi connectivity index (χ0v) is 3.79. The molecule has 0 amide bonds. The highest BCUT2D eigenvalue weighted by Crippen LogP contribution is 2.20. The summed E-state index contributed by atoms with van der Waals surface area (Å²) in [7, 11) is 0. The van der Waals surface area contributed by atoms with Crippen molar-refractivity contribution in [2.45, 2.75) is 0 Å². The molecule has 0 aromatic rings. The molecule has 0 radical (unpaired) electrons. The number of hydrogen-bond acceptors (Lipinski definition) is 2. The van der Waals surface area contributed by atoms with Gasteiger partial charge in [-0.3, -0.25) is 0 Å². The topological polar surface area (TPSA) is 12.5 Å². The molecular weight excluding hydrogens is 90.1 g/mol. The zero-order valence-electron chi connectivity index (χ0n) is 3.79. The fourth-order valence-electron chi connectivity index (χ4n) is 0.709. The maximum Gasteiger partial charge on any atom is 0.155 e. The van der Waals surface area contributed by atoms with Crippen LogP contribution in [0, 0.1) is 0 Å². The zero-order chi connectivity index (χ0) is 4.69. The standard InChI is InChI=1S/C5H5NO/c1-2-5-4-6(3-1)7-5/h1-3H,4H2. The van der Waals surface area contributed by atoms with Crippen molar-refractivity contribution >= 4 is 0 Å². The second-order valence-corrected chi connectivity index (χ2v) is 1.64. The van der Waals surface area contributed by atoms with E-state index in [1.54, 1.807) is 5.06 Å². The van der Waals surface area contributed by atoms with Gasteiger partial charge in [0.15, 0.2) is 5.76 Å². The molecule has 0 aliphatic carbocycles. The van der Waals surface area contributed by atoms with E-state index in [1.807, 2.05) is 18.4 Å². The Morgan fingerprint density at radius 2 is 2.57 bits per heavy atom. The molecule has 3 rings (SSSR count). The lowest BCUT2D eigenvalue weighted by Gasteiger charge is -2.33. The van der Waals surface area contributed by atoms with Crippen LogP contribution >= 0.6 is 0 Å². The van der Waals surface area contributed by atoms with Gasteiger partial charge in [0, 0.05) is 6.20 Å². The van der Waals surface area contributed by atoms with Gasteiger partial charge in [-0.15, -0.1) is 0 Å². The van der Waals surface area contributed by atoms with Crippen molar-refractivity contribution in [2.24, 2.45) is 0 Å². The van der Waals surface area contributed by atoms with Crippen molar-refractivity contribution in [3.05, 3.63) is 24.1 Å². The normalized spacial score (nSPS) is 22.9. The van der Waals surface area contributed by atoms with Crippen molar-refractivity contribution in [2.75, 3.05) is 6.54 Å². The third kappa shape index (κ3) is 0.282. The number of rotatable bonds is 0. The lowest BCUT2D eigenvalue weighted by molar-refractivity contribution is -0.157. The summed E-state index contributed by atoms with van der Waals surface area (Å²) in [6.07, 6.45) is 5.86. The van der Waals surface area contributed by atoms with E-state index in [0.717, 1.165) is 12.3 Å². The van der Waals surface area contributed by atoms with Crippen LogP contribution in [0.3, 0.4) is 0 Å². The molecule has 1 saturated heterocycles. The van der Waals surface area contributed by atoms with E-state index >= 15 is 0 Å². The third-order valence-corrected chi connectivity index (χ3v) is 1.08. The predicted molar refractivity (Wildman–Crippen MR) is 25.0 cm³/mol. The average molecular weight is 95.1 g/mol. The molecule has 0 spiro atoms. The van der Waals surface area contributed by atoms with E-state index in [4.69, 9.17) is 4.84 Å². The SMILES string of the molecule is C1=CN2CC(=C1)O2. The van der Waals surface area contributed by atoms with Crippen molar-refractivity contribution in [3.8, 4) is 0 Å². The van der Waals surface area contributed by atoms with E-state index in [-0.39, 0.29) is 0 Å². The van der Waals surface area contributed by atoms with Crippen molar-refractivity contribution in [1.29, 1.82) is 0 Å². The summed E-state index contributed by atoms with van der Waals surface area (Å²) in [5.74, 6) is 1.07. The highest BCUT2D eigenvalue weighted by molar-refractivity contribution is 5.17. The highest BCUT2D eigenvalue weighted by atomic mass is 16.7. The minimum Gasteiger partial charge on any atom is -0.382 e. The largest absolute Gasteiger partial charge is 0.382 e. The molecule has 36 valence electrons. The molecule has 0 unspecified atom stereocenters. The van der Waals surface area contributed by atoms with Crippen LogP contribution in [0.15, 0.2) is 24.1 Å². The molecule has 2 heteroatoms. The summed E-state index contributed by atoms with van der Waals surface area (Å²) in [5.41, 5.74) is 0. The van der Waals surface area contributed by atoms with Crippen LogP contribution in [0.2, 0.25) is 0 Å². The molecule has 0 aromatic heterocycles. The first-order valence-electron chi connectivity index (χ1n) is 2.27. The van der Waals surface area contributed by atoms with Crippen LogP contribution < -0.4 is 0 Å². The van der Waals surface area contributed by atoms with E-state index in [1.165, 1.54) is 0 Å². The fraction of sp³-hybridized carbons (Fsp3) is 0.200. The van der Waals surface area contributed by atoms with Gasteiger partial charge in [-0.25, -0.2) is 5.06 Å². The van der Waals surface area contributed by atoms with Crippen molar-refractivity contribution < 1.29 is 4.84 Å². The molecule has 3 aliphatic rings. The Morgan fingerprint density at radius 3 is 2.71 bits per heavy atom. The number of allylic oxidation sites excluding steroid dienone is 2. The van der Waals surface area contributed by atoms with Gasteiger partial charge in [-0.05, 0) is 12.2 Å². The first-order valence-corrected chi connectivity index (χ1v) is 2.27. The molecule has 3 heterocycles. The Bertz CT molecular complexity index is 140. The van der Waals surface area contributed by atoms with E-state index in [2.05, 4.69) is 0 Å². The third-order valence-electron chi connectivity index (χ3n) is 1.08. The molecule has 7 heavy (non-hydrogen) atoms. The van der Waals surface area contributed by atoms with Crippen LogP contribution in [0.5, 0.6) is 0 Å². The lowest BCUT2D eigenvalue weighted by atomic mass is 10.3. The summed E-state index contributed by atoms with van der Waals surface area (Å²) in [6.45, 7) is 0.969. The van der Waals surface area contributed by atoms with Crippen molar-refractivity contribution in [1.82, 2.24) is 5.06 Å². The number of fused-ring (bicyclic) bond motifs is 1. The maximum absolute atomic E-state index is 4.98. The number of hydroxylamine groups is 2. The molecule has 2 bridgehead atoms. The molecule has 0 aromatic carbocycles. The lowest BCUT2D eigenvalue weighted by Crippen LogP contribution is -2.34. The molecule has 1 fully saturated rings. The Hall–Kier alpha value is -0.920. The molecule has 0 saturated carbocycles. The first-order chi connectivity index (χ1) is 3.45. The summed E-state index contributed by atoms with van der Waals surface area (Å²) in [4.78, 5) is 4.98. The minimum absolute atomic E-state index is 0.969. The van der Waals surface area contributed by atoms with Gasteiger partial charge in [-0.2, -0.15) is 0 Å². The van der Waals surface area contributed by atoms with Crippen LogP contribution in [-0.2, 0) is 4.84 Å². The van der Waals surface area contributed by atoms with Crippen molar-refractivity contribution in [3.63, 3.8) is 0 Å². The average Bonchev–Trinajstić information content (AvgIpc) is 1.67. The number of nitrogens with zero attached hydrogens (tertiary/aromatic N) is 1. The monoisotopic (exact) mass is 95.0 g/mol. The smallest absolute Gasteiger partial charge is 0.155 e. The Morgan fingerprint density at radius 1 is 1.71 bits per heavy atom. The minimum atomic E-state index is 0.969. The predicted octanol–water partition coefficient (Wildman–Crippen LogP) is 0.645. The fourth-order valence-corrected chi connectivity index (χ4v) is 0.709. The van der Waals surface area contributed by atoms with Crippen LogP contribution in [-0.4, -0.2) is 11.6 Å². The second-order valence-electron chi connectivity index (χ2n) is 1.64. The van der Waals surface area contributed by atoms with Gasteiger partial charge in [0.25, 0.3) is 0 Å². The van der Waals surface area contributed by atoms with Crippen LogP contribution in [0.25, 0.3) is 0 Å². The second kappa shape index (κ2) is 0.832. The van der Waals surface area contributed by atoms with Gasteiger partial charge in [0.05, 0.1) is 0 Å². The van der Waals surface area contributed by atoms with E-state index < -0.39 is 0 Å². The number of hydrogen-bond donors (Lipinski definition) is 0. The highest BCUT2D eigenvalue weighted by Gasteiger charge is 2.20. The molecule has 3 aliphatic heterocycles. The van der Waals surface area contributed by atoms with E-state index in [0.29, 0.717) is 0 Å². The molecular formula is C5H5NO. The molecule has 2 nitrogen and oxygen atoms in total. The quantitative estimate of drug-likeness (QED) is 0.438. The van der Waals surface area contributed by atoms with E-state index in [9.17, 15) is 0 Å². The van der Waals surface area contributed by atoms with Gasteiger partial charge in [0.2, 0.25) is 0 Å². The van der Waals surface area contributed by atoms with Gasteiger partial charge in [0.1, 0.15) is 6.54 Å².